The van der Waals surface area contributed by atoms with Crippen LogP contribution in [0.1, 0.15) is 13.3 Å². The average molecular weight is 203 g/mol. The molecule has 0 aromatic carbocycles. The number of hydrogen-bond donors (Lipinski definition) is 2. The third kappa shape index (κ3) is 4.26. The Kier molecular flexibility index (Phi) is 4.21. The fourth-order valence-electron chi connectivity index (χ4n) is 1.26. The van der Waals surface area contributed by atoms with Crippen molar-refractivity contribution in [2.24, 2.45) is 4.99 Å². The maximum Gasteiger partial charge on any atom is 0.191 e. The minimum Gasteiger partial charge on any atom is -0.356 e. The van der Waals surface area contributed by atoms with Gasteiger partial charge in [0.25, 0.3) is 0 Å². The largest absolute Gasteiger partial charge is 0.356 e. The Bertz CT molecular complexity index is 217. The summed E-state index contributed by atoms with van der Waals surface area (Å²) in [6.45, 7) is 3.88. The van der Waals surface area contributed by atoms with Crippen LogP contribution >= 0.6 is 0 Å². The van der Waals surface area contributed by atoms with E-state index in [4.69, 9.17) is 0 Å². The van der Waals surface area contributed by atoms with Crippen molar-refractivity contribution in [1.82, 2.24) is 10.6 Å². The molecule has 0 spiro atoms. The van der Waals surface area contributed by atoms with Gasteiger partial charge in [0, 0.05) is 41.9 Å². The summed E-state index contributed by atoms with van der Waals surface area (Å²) in [7, 11) is -0.745. The Hall–Kier alpha value is -0.580. The Balaban J connectivity index is 2.30. The molecular weight excluding hydrogens is 186 g/mol. The molecule has 0 saturated heterocycles. The monoisotopic (exact) mass is 203 g/mol. The van der Waals surface area contributed by atoms with Gasteiger partial charge in [0.05, 0.1) is 0 Å². The molecular formula is C8H17N3OS. The molecule has 1 heterocycles. The van der Waals surface area contributed by atoms with Crippen molar-refractivity contribution in [2.45, 2.75) is 19.4 Å². The zero-order valence-electron chi connectivity index (χ0n) is 8.17. The van der Waals surface area contributed by atoms with Crippen LogP contribution in [0.25, 0.3) is 0 Å². The predicted octanol–water partition coefficient (Wildman–Crippen LogP) is -0.308. The van der Waals surface area contributed by atoms with Gasteiger partial charge in [-0.2, -0.15) is 0 Å². The second-order valence-electron chi connectivity index (χ2n) is 3.30. The second-order valence-corrected chi connectivity index (χ2v) is 4.78. The van der Waals surface area contributed by atoms with E-state index in [2.05, 4.69) is 15.6 Å². The molecule has 1 rings (SSSR count). The van der Waals surface area contributed by atoms with Crippen molar-refractivity contribution in [3.8, 4) is 0 Å². The van der Waals surface area contributed by atoms with Gasteiger partial charge in [0.2, 0.25) is 0 Å². The lowest BCUT2D eigenvalue weighted by Crippen LogP contribution is -2.46. The van der Waals surface area contributed by atoms with Gasteiger partial charge in [-0.15, -0.1) is 0 Å². The second kappa shape index (κ2) is 5.21. The Labute approximate surface area is 81.7 Å². The number of nitrogens with one attached hydrogen (secondary N) is 2. The summed E-state index contributed by atoms with van der Waals surface area (Å²) >= 11 is 0. The van der Waals surface area contributed by atoms with E-state index in [1.165, 1.54) is 0 Å². The van der Waals surface area contributed by atoms with Crippen LogP contribution in [-0.4, -0.2) is 41.3 Å². The van der Waals surface area contributed by atoms with Gasteiger partial charge in [-0.25, -0.2) is 0 Å². The van der Waals surface area contributed by atoms with Crippen LogP contribution in [0.3, 0.4) is 0 Å². The first-order valence-electron chi connectivity index (χ1n) is 4.53. The topological polar surface area (TPSA) is 53.5 Å². The van der Waals surface area contributed by atoms with Gasteiger partial charge < -0.3 is 10.6 Å². The van der Waals surface area contributed by atoms with E-state index >= 15 is 0 Å². The predicted molar refractivity (Wildman–Crippen MR) is 56.5 cm³/mol. The van der Waals surface area contributed by atoms with Gasteiger partial charge >= 0.3 is 0 Å². The zero-order chi connectivity index (χ0) is 9.68. The van der Waals surface area contributed by atoms with Crippen LogP contribution in [0, 0.1) is 0 Å². The summed E-state index contributed by atoms with van der Waals surface area (Å²) in [6.07, 6.45) is 2.81. The maximum atomic E-state index is 10.9. The Morgan fingerprint density at radius 1 is 1.77 bits per heavy atom. The van der Waals surface area contributed by atoms with Crippen molar-refractivity contribution >= 4 is 16.8 Å². The minimum atomic E-state index is -0.745. The summed E-state index contributed by atoms with van der Waals surface area (Å²) in [5, 5.41) is 6.36. The fraction of sp³-hybridized carbons (Fsp3) is 0.875. The summed E-state index contributed by atoms with van der Waals surface area (Å²) in [6, 6.07) is 0.218. The molecule has 2 N–H and O–H groups in total. The summed E-state index contributed by atoms with van der Waals surface area (Å²) in [5.41, 5.74) is 0. The van der Waals surface area contributed by atoms with Crippen molar-refractivity contribution in [3.05, 3.63) is 0 Å². The van der Waals surface area contributed by atoms with Crippen LogP contribution in [0.15, 0.2) is 4.99 Å². The van der Waals surface area contributed by atoms with E-state index in [-0.39, 0.29) is 6.04 Å². The molecule has 0 aliphatic carbocycles. The lowest BCUT2D eigenvalue weighted by atomic mass is 10.3. The van der Waals surface area contributed by atoms with Gasteiger partial charge in [-0.05, 0) is 13.3 Å². The molecule has 4 nitrogen and oxygen atoms in total. The Morgan fingerprint density at radius 2 is 2.54 bits per heavy atom. The highest BCUT2D eigenvalue weighted by molar-refractivity contribution is 7.84. The minimum absolute atomic E-state index is 0.218. The molecule has 13 heavy (non-hydrogen) atoms. The van der Waals surface area contributed by atoms with Crippen molar-refractivity contribution in [1.29, 1.82) is 0 Å². The summed E-state index contributed by atoms with van der Waals surface area (Å²) < 4.78 is 10.9. The Morgan fingerprint density at radius 3 is 3.08 bits per heavy atom. The van der Waals surface area contributed by atoms with E-state index in [0.29, 0.717) is 5.75 Å². The third-order valence-corrected chi connectivity index (χ3v) is 2.73. The molecule has 0 saturated carbocycles. The van der Waals surface area contributed by atoms with E-state index in [0.717, 1.165) is 25.5 Å². The van der Waals surface area contributed by atoms with Crippen molar-refractivity contribution in [3.63, 3.8) is 0 Å². The molecule has 2 atom stereocenters. The van der Waals surface area contributed by atoms with Crippen LogP contribution < -0.4 is 10.6 Å². The number of rotatable bonds is 3. The van der Waals surface area contributed by atoms with Gasteiger partial charge in [-0.1, -0.05) is 0 Å². The van der Waals surface area contributed by atoms with E-state index in [1.54, 1.807) is 6.26 Å². The quantitative estimate of drug-likeness (QED) is 0.662. The van der Waals surface area contributed by atoms with Crippen LogP contribution in [0.4, 0.5) is 0 Å². The standard InChI is InChI=1S/C8H17N3OS/c1-7(6-13(2)12)11-8-9-4-3-5-10-8/h7H,3-6H2,1-2H3,(H2,9,10,11). The molecule has 1 aliphatic heterocycles. The highest BCUT2D eigenvalue weighted by Crippen LogP contribution is 1.90. The van der Waals surface area contributed by atoms with E-state index < -0.39 is 10.8 Å². The number of nitrogens with zero attached hydrogens (tertiary/aromatic N) is 1. The molecule has 0 aromatic heterocycles. The highest BCUT2D eigenvalue weighted by Gasteiger charge is 2.08. The molecule has 0 aromatic rings. The lowest BCUT2D eigenvalue weighted by molar-refractivity contribution is 0.647. The highest BCUT2D eigenvalue weighted by atomic mass is 32.2. The van der Waals surface area contributed by atoms with Crippen LogP contribution in [0.5, 0.6) is 0 Å². The summed E-state index contributed by atoms with van der Waals surface area (Å²) in [5.74, 6) is 1.52. The average Bonchev–Trinajstić information content (AvgIpc) is 2.04. The molecule has 0 radical (unpaired) electrons. The molecule has 0 fully saturated rings. The third-order valence-electron chi connectivity index (χ3n) is 1.77. The molecule has 5 heteroatoms. The van der Waals surface area contributed by atoms with Gasteiger partial charge in [-0.3, -0.25) is 9.20 Å². The number of guanidine groups is 1. The van der Waals surface area contributed by atoms with Gasteiger partial charge in [0.1, 0.15) is 0 Å². The summed E-state index contributed by atoms with van der Waals surface area (Å²) in [4.78, 5) is 4.27. The first kappa shape index (κ1) is 10.5. The van der Waals surface area contributed by atoms with Crippen molar-refractivity contribution < 1.29 is 4.21 Å². The number of aliphatic imine (C=N–C) groups is 1. The van der Waals surface area contributed by atoms with Gasteiger partial charge in [0.15, 0.2) is 5.96 Å². The van der Waals surface area contributed by atoms with E-state index in [1.807, 2.05) is 6.92 Å². The molecule has 0 amide bonds. The molecule has 2 unspecified atom stereocenters. The lowest BCUT2D eigenvalue weighted by Gasteiger charge is -2.19. The zero-order valence-corrected chi connectivity index (χ0v) is 8.99. The smallest absolute Gasteiger partial charge is 0.191 e. The van der Waals surface area contributed by atoms with Crippen LogP contribution in [0.2, 0.25) is 0 Å². The normalized spacial score (nSPS) is 21.2. The fourth-order valence-corrected chi connectivity index (χ4v) is 2.04. The molecule has 0 bridgehead atoms. The van der Waals surface area contributed by atoms with Crippen molar-refractivity contribution in [2.75, 3.05) is 25.1 Å². The first-order valence-corrected chi connectivity index (χ1v) is 6.26. The maximum absolute atomic E-state index is 10.9. The molecule has 76 valence electrons. The SMILES string of the molecule is CC(CS(C)=O)NC1=NCCCN1. The molecule has 1 aliphatic rings. The van der Waals surface area contributed by atoms with E-state index in [9.17, 15) is 4.21 Å². The number of hydrogen-bond acceptors (Lipinski definition) is 4. The first-order chi connectivity index (χ1) is 6.18. The van der Waals surface area contributed by atoms with Crippen LogP contribution in [-0.2, 0) is 10.8 Å².